The van der Waals surface area contributed by atoms with Gasteiger partial charge in [0.2, 0.25) is 5.91 Å². The lowest BCUT2D eigenvalue weighted by molar-refractivity contribution is -0.141. The maximum Gasteiger partial charge on any atom is 0.255 e. The van der Waals surface area contributed by atoms with Crippen molar-refractivity contribution in [3.8, 4) is 0 Å². The van der Waals surface area contributed by atoms with E-state index in [0.717, 1.165) is 11.3 Å². The van der Waals surface area contributed by atoms with E-state index in [1.54, 1.807) is 0 Å². The molecule has 0 heterocycles. The predicted molar refractivity (Wildman–Crippen MR) is 68.7 cm³/mol. The molecule has 0 spiro atoms. The van der Waals surface area contributed by atoms with Crippen LogP contribution in [0.25, 0.3) is 0 Å². The third kappa shape index (κ3) is 4.38. The monoisotopic (exact) mass is 278 g/mol. The van der Waals surface area contributed by atoms with Gasteiger partial charge in [0.1, 0.15) is 0 Å². The van der Waals surface area contributed by atoms with Gasteiger partial charge in [-0.2, -0.15) is 0 Å². The van der Waals surface area contributed by atoms with Gasteiger partial charge in [0.25, 0.3) is 6.43 Å². The van der Waals surface area contributed by atoms with E-state index in [0.29, 0.717) is 12.3 Å². The van der Waals surface area contributed by atoms with E-state index < -0.39 is 13.0 Å². The lowest BCUT2D eigenvalue weighted by atomic mass is 9.72. The van der Waals surface area contributed by atoms with Crippen LogP contribution in [0.5, 0.6) is 0 Å². The lowest BCUT2D eigenvalue weighted by Crippen LogP contribution is -2.48. The summed E-state index contributed by atoms with van der Waals surface area (Å²) >= 11 is 0. The second-order valence-corrected chi connectivity index (χ2v) is 5.60. The Morgan fingerprint density at radius 1 is 1.37 bits per heavy atom. The quantitative estimate of drug-likeness (QED) is 0.791. The lowest BCUT2D eigenvalue weighted by Gasteiger charge is -2.38. The van der Waals surface area contributed by atoms with Crippen LogP contribution < -0.4 is 5.73 Å². The van der Waals surface area contributed by atoms with Crippen LogP contribution in [0, 0.1) is 17.8 Å². The van der Waals surface area contributed by atoms with Crippen molar-refractivity contribution in [3.63, 3.8) is 0 Å². The molecule has 4 unspecified atom stereocenters. The molecule has 1 rings (SSSR count). The van der Waals surface area contributed by atoms with Crippen molar-refractivity contribution in [1.29, 1.82) is 0 Å². The molecule has 4 nitrogen and oxygen atoms in total. The fraction of sp³-hybridized carbons (Fsp3) is 0.923. The number of amides is 1. The summed E-state index contributed by atoms with van der Waals surface area (Å²) in [6.07, 6.45) is -1.21. The molecule has 1 amide bonds. The molecule has 1 aliphatic rings. The van der Waals surface area contributed by atoms with Crippen LogP contribution in [0.15, 0.2) is 0 Å². The highest BCUT2D eigenvalue weighted by atomic mass is 19.3. The molecule has 0 saturated heterocycles. The molecule has 0 aromatic rings. The Balaban J connectivity index is 2.72. The Kier molecular flexibility index (Phi) is 6.13. The predicted octanol–water partition coefficient (Wildman–Crippen LogP) is 1.08. The first kappa shape index (κ1) is 16.3. The molecule has 1 aliphatic carbocycles. The number of rotatable bonds is 5. The average Bonchev–Trinajstić information content (AvgIpc) is 2.32. The highest BCUT2D eigenvalue weighted by Crippen LogP contribution is 2.34. The topological polar surface area (TPSA) is 66.6 Å². The van der Waals surface area contributed by atoms with Gasteiger partial charge in [-0.3, -0.25) is 4.79 Å². The minimum absolute atomic E-state index is 0.0445. The smallest absolute Gasteiger partial charge is 0.255 e. The van der Waals surface area contributed by atoms with Gasteiger partial charge < -0.3 is 15.7 Å². The molecule has 4 atom stereocenters. The number of alkyl halides is 2. The van der Waals surface area contributed by atoms with Gasteiger partial charge in [-0.25, -0.2) is 8.78 Å². The summed E-state index contributed by atoms with van der Waals surface area (Å²) in [6.45, 7) is 3.05. The number of carbonyl (C=O) groups excluding carboxylic acids is 1. The van der Waals surface area contributed by atoms with Gasteiger partial charge in [-0.1, -0.05) is 13.8 Å². The van der Waals surface area contributed by atoms with E-state index in [1.165, 1.54) is 0 Å². The SMILES string of the molecule is CC1CC(C)C(C(=O)N(CCO)CC(F)F)CC1N. The van der Waals surface area contributed by atoms with E-state index in [9.17, 15) is 13.6 Å². The summed E-state index contributed by atoms with van der Waals surface area (Å²) in [7, 11) is 0. The Labute approximate surface area is 112 Å². The molecule has 0 aromatic heterocycles. The maximum atomic E-state index is 12.5. The summed E-state index contributed by atoms with van der Waals surface area (Å²) in [4.78, 5) is 13.4. The van der Waals surface area contributed by atoms with Crippen molar-refractivity contribution >= 4 is 5.91 Å². The number of aliphatic hydroxyl groups is 1. The van der Waals surface area contributed by atoms with Gasteiger partial charge in [-0.05, 0) is 24.7 Å². The van der Waals surface area contributed by atoms with E-state index >= 15 is 0 Å². The van der Waals surface area contributed by atoms with Crippen LogP contribution in [0.2, 0.25) is 0 Å². The third-order valence-corrected chi connectivity index (χ3v) is 4.04. The average molecular weight is 278 g/mol. The fourth-order valence-corrected chi connectivity index (χ4v) is 2.84. The van der Waals surface area contributed by atoms with Crippen LogP contribution in [-0.2, 0) is 4.79 Å². The largest absolute Gasteiger partial charge is 0.395 e. The van der Waals surface area contributed by atoms with E-state index in [4.69, 9.17) is 10.8 Å². The van der Waals surface area contributed by atoms with Gasteiger partial charge in [-0.15, -0.1) is 0 Å². The second kappa shape index (κ2) is 7.14. The summed E-state index contributed by atoms with van der Waals surface area (Å²) in [6, 6.07) is -0.0623. The summed E-state index contributed by atoms with van der Waals surface area (Å²) in [5.41, 5.74) is 5.98. The molecule has 0 radical (unpaired) electrons. The number of nitrogens with two attached hydrogens (primary N) is 1. The maximum absolute atomic E-state index is 12.5. The Morgan fingerprint density at radius 3 is 2.53 bits per heavy atom. The highest BCUT2D eigenvalue weighted by Gasteiger charge is 2.37. The summed E-state index contributed by atoms with van der Waals surface area (Å²) in [5.74, 6) is -0.123. The summed E-state index contributed by atoms with van der Waals surface area (Å²) < 4.78 is 24.9. The molecule has 1 saturated carbocycles. The molecule has 6 heteroatoms. The molecule has 0 aliphatic heterocycles. The van der Waals surface area contributed by atoms with Crippen molar-refractivity contribution in [3.05, 3.63) is 0 Å². The fourth-order valence-electron chi connectivity index (χ4n) is 2.84. The first-order valence-electron chi connectivity index (χ1n) is 6.80. The summed E-state index contributed by atoms with van der Waals surface area (Å²) in [5, 5.41) is 8.89. The van der Waals surface area contributed by atoms with E-state index in [2.05, 4.69) is 0 Å². The van der Waals surface area contributed by atoms with Gasteiger partial charge in [0.15, 0.2) is 0 Å². The molecular formula is C13H24F2N2O2. The van der Waals surface area contributed by atoms with Crippen LogP contribution in [0.3, 0.4) is 0 Å². The molecule has 1 fully saturated rings. The van der Waals surface area contributed by atoms with E-state index in [1.807, 2.05) is 13.8 Å². The number of carbonyl (C=O) groups is 1. The third-order valence-electron chi connectivity index (χ3n) is 4.04. The minimum atomic E-state index is -2.58. The standard InChI is InChI=1S/C13H24F2N2O2/c1-8-5-9(2)11(16)6-10(8)13(19)17(3-4-18)7-12(14)15/h8-12,18H,3-7,16H2,1-2H3. The molecule has 112 valence electrons. The Bertz CT molecular complexity index is 302. The zero-order valence-corrected chi connectivity index (χ0v) is 11.6. The van der Waals surface area contributed by atoms with Crippen LogP contribution in [-0.4, -0.2) is 48.1 Å². The molecule has 19 heavy (non-hydrogen) atoms. The first-order valence-corrected chi connectivity index (χ1v) is 6.80. The van der Waals surface area contributed by atoms with Crippen LogP contribution in [0.4, 0.5) is 8.78 Å². The number of aliphatic hydroxyl groups excluding tert-OH is 1. The zero-order valence-electron chi connectivity index (χ0n) is 11.6. The van der Waals surface area contributed by atoms with Crippen molar-refractivity contribution in [2.24, 2.45) is 23.5 Å². The van der Waals surface area contributed by atoms with Crippen LogP contribution >= 0.6 is 0 Å². The van der Waals surface area contributed by atoms with Crippen molar-refractivity contribution in [1.82, 2.24) is 4.90 Å². The highest BCUT2D eigenvalue weighted by molar-refractivity contribution is 5.79. The Hall–Kier alpha value is -0.750. The van der Waals surface area contributed by atoms with Crippen molar-refractivity contribution in [2.75, 3.05) is 19.7 Å². The van der Waals surface area contributed by atoms with Crippen molar-refractivity contribution in [2.45, 2.75) is 39.2 Å². The van der Waals surface area contributed by atoms with Crippen molar-refractivity contribution < 1.29 is 18.7 Å². The van der Waals surface area contributed by atoms with Crippen LogP contribution in [0.1, 0.15) is 26.7 Å². The minimum Gasteiger partial charge on any atom is -0.395 e. The molecular weight excluding hydrogens is 254 g/mol. The van der Waals surface area contributed by atoms with Gasteiger partial charge in [0, 0.05) is 18.5 Å². The number of hydrogen-bond donors (Lipinski definition) is 2. The zero-order chi connectivity index (χ0) is 14.6. The normalized spacial score (nSPS) is 31.5. The second-order valence-electron chi connectivity index (χ2n) is 5.60. The van der Waals surface area contributed by atoms with Gasteiger partial charge >= 0.3 is 0 Å². The first-order chi connectivity index (χ1) is 8.86. The number of hydrogen-bond acceptors (Lipinski definition) is 3. The van der Waals surface area contributed by atoms with E-state index in [-0.39, 0.29) is 36.9 Å². The number of nitrogens with zero attached hydrogens (tertiary/aromatic N) is 1. The Morgan fingerprint density at radius 2 is 2.00 bits per heavy atom. The molecule has 0 aromatic carbocycles. The molecule has 3 N–H and O–H groups in total. The van der Waals surface area contributed by atoms with Gasteiger partial charge in [0.05, 0.1) is 13.2 Å². The molecule has 0 bridgehead atoms. The number of halogens is 2.